The summed E-state index contributed by atoms with van der Waals surface area (Å²) in [6, 6.07) is 16.7. The van der Waals surface area contributed by atoms with E-state index in [-0.39, 0.29) is 30.2 Å². The molecule has 0 aliphatic carbocycles. The van der Waals surface area contributed by atoms with E-state index in [0.29, 0.717) is 11.1 Å². The van der Waals surface area contributed by atoms with Gasteiger partial charge in [-0.25, -0.2) is 17.5 Å². The Morgan fingerprint density at radius 1 is 1.00 bits per heavy atom. The lowest BCUT2D eigenvalue weighted by Crippen LogP contribution is -2.30. The number of amides is 1. The fraction of sp³-hybridized carbons (Fsp3) is 0.217. The lowest BCUT2D eigenvalue weighted by Gasteiger charge is -2.09. The van der Waals surface area contributed by atoms with Crippen LogP contribution in [0.4, 0.5) is 4.39 Å². The monoisotopic (exact) mass is 458 g/mol. The third kappa shape index (κ3) is 6.35. The molecule has 0 spiro atoms. The molecule has 32 heavy (non-hydrogen) atoms. The van der Waals surface area contributed by atoms with E-state index in [1.165, 1.54) is 12.1 Å². The van der Waals surface area contributed by atoms with Gasteiger partial charge in [0.15, 0.2) is 6.61 Å². The Labute approximate surface area is 185 Å². The van der Waals surface area contributed by atoms with E-state index in [9.17, 15) is 22.4 Å². The highest BCUT2D eigenvalue weighted by molar-refractivity contribution is 7.89. The minimum Gasteiger partial charge on any atom is -0.456 e. The second kappa shape index (κ2) is 10.3. The summed E-state index contributed by atoms with van der Waals surface area (Å²) in [5.41, 5.74) is 1.08. The van der Waals surface area contributed by atoms with E-state index in [4.69, 9.17) is 4.74 Å². The molecular weight excluding hydrogens is 435 g/mol. The van der Waals surface area contributed by atoms with Crippen molar-refractivity contribution in [3.05, 3.63) is 77.6 Å². The molecule has 0 aliphatic heterocycles. The van der Waals surface area contributed by atoms with Crippen molar-refractivity contribution >= 4 is 32.7 Å². The maximum absolute atomic E-state index is 13.5. The van der Waals surface area contributed by atoms with Crippen molar-refractivity contribution in [2.75, 3.05) is 13.2 Å². The van der Waals surface area contributed by atoms with E-state index in [1.807, 2.05) is 24.3 Å². The third-order valence-corrected chi connectivity index (χ3v) is 6.20. The van der Waals surface area contributed by atoms with Crippen molar-refractivity contribution < 1.29 is 27.1 Å². The zero-order chi connectivity index (χ0) is 23.1. The third-order valence-electron chi connectivity index (χ3n) is 4.74. The zero-order valence-electron chi connectivity index (χ0n) is 17.4. The second-order valence-corrected chi connectivity index (χ2v) is 8.94. The number of hydrogen-bond donors (Lipinski definition) is 2. The van der Waals surface area contributed by atoms with Crippen LogP contribution in [0.2, 0.25) is 0 Å². The van der Waals surface area contributed by atoms with Crippen molar-refractivity contribution in [2.45, 2.75) is 24.8 Å². The molecule has 0 bridgehead atoms. The van der Waals surface area contributed by atoms with Crippen LogP contribution in [0.1, 0.15) is 17.5 Å². The molecule has 0 fully saturated rings. The van der Waals surface area contributed by atoms with Gasteiger partial charge >= 0.3 is 5.97 Å². The van der Waals surface area contributed by atoms with E-state index >= 15 is 0 Å². The van der Waals surface area contributed by atoms with Gasteiger partial charge < -0.3 is 10.1 Å². The fourth-order valence-corrected chi connectivity index (χ4v) is 3.99. The Morgan fingerprint density at radius 3 is 2.50 bits per heavy atom. The van der Waals surface area contributed by atoms with Crippen LogP contribution in [0.15, 0.2) is 65.6 Å². The van der Waals surface area contributed by atoms with Crippen LogP contribution in [0.5, 0.6) is 0 Å². The Kier molecular flexibility index (Phi) is 7.55. The van der Waals surface area contributed by atoms with Gasteiger partial charge in [-0.2, -0.15) is 0 Å². The molecule has 168 valence electrons. The molecule has 0 aromatic heterocycles. The molecule has 3 aromatic carbocycles. The number of rotatable bonds is 9. The number of fused-ring (bicyclic) bond motifs is 1. The number of sulfonamides is 1. The number of benzene rings is 3. The summed E-state index contributed by atoms with van der Waals surface area (Å²) in [6.45, 7) is 1.06. The standard InChI is InChI=1S/C23H23FN2O5S/c1-16-6-7-17(12-21(16)24)14-25-22(27)15-31-23(28)10-11-26-32(29,30)20-9-8-18-4-2-3-5-19(18)13-20/h2-9,12-13,26H,10-11,14-15H2,1H3,(H,25,27). The maximum atomic E-state index is 13.5. The highest BCUT2D eigenvalue weighted by Gasteiger charge is 2.15. The highest BCUT2D eigenvalue weighted by atomic mass is 32.2. The predicted molar refractivity (Wildman–Crippen MR) is 118 cm³/mol. The number of esters is 1. The molecule has 0 heterocycles. The maximum Gasteiger partial charge on any atom is 0.307 e. The predicted octanol–water partition coefficient (Wildman–Crippen LogP) is 2.82. The summed E-state index contributed by atoms with van der Waals surface area (Å²) in [7, 11) is -3.79. The molecule has 0 radical (unpaired) electrons. The summed E-state index contributed by atoms with van der Waals surface area (Å²) >= 11 is 0. The quantitative estimate of drug-likeness (QED) is 0.480. The van der Waals surface area contributed by atoms with Crippen molar-refractivity contribution in [3.8, 4) is 0 Å². The van der Waals surface area contributed by atoms with Crippen LogP contribution in [0.3, 0.4) is 0 Å². The van der Waals surface area contributed by atoms with E-state index in [0.717, 1.165) is 10.8 Å². The number of halogens is 1. The minimum absolute atomic E-state index is 0.0940. The number of carbonyl (C=O) groups is 2. The Balaban J connectivity index is 1.41. The highest BCUT2D eigenvalue weighted by Crippen LogP contribution is 2.18. The van der Waals surface area contributed by atoms with E-state index < -0.39 is 28.5 Å². The lowest BCUT2D eigenvalue weighted by atomic mass is 10.1. The van der Waals surface area contributed by atoms with Gasteiger partial charge in [0.2, 0.25) is 10.0 Å². The molecule has 0 saturated carbocycles. The molecule has 0 saturated heterocycles. The van der Waals surface area contributed by atoms with Gasteiger partial charge in [0.05, 0.1) is 11.3 Å². The smallest absolute Gasteiger partial charge is 0.307 e. The number of ether oxygens (including phenoxy) is 1. The summed E-state index contributed by atoms with van der Waals surface area (Å²) in [5, 5.41) is 4.23. The molecule has 9 heteroatoms. The fourth-order valence-electron chi connectivity index (χ4n) is 2.92. The Bertz CT molecular complexity index is 1240. The van der Waals surface area contributed by atoms with Crippen molar-refractivity contribution in [3.63, 3.8) is 0 Å². The first-order valence-corrected chi connectivity index (χ1v) is 11.4. The van der Waals surface area contributed by atoms with Crippen LogP contribution < -0.4 is 10.0 Å². The average Bonchev–Trinajstić information content (AvgIpc) is 2.78. The van der Waals surface area contributed by atoms with Gasteiger partial charge in [-0.3, -0.25) is 9.59 Å². The van der Waals surface area contributed by atoms with Crippen LogP contribution in [0.25, 0.3) is 10.8 Å². The van der Waals surface area contributed by atoms with Crippen LogP contribution in [-0.2, 0) is 30.9 Å². The largest absolute Gasteiger partial charge is 0.456 e. The molecule has 1 amide bonds. The lowest BCUT2D eigenvalue weighted by molar-refractivity contribution is -0.148. The number of nitrogens with one attached hydrogen (secondary N) is 2. The zero-order valence-corrected chi connectivity index (χ0v) is 18.2. The van der Waals surface area contributed by atoms with Crippen molar-refractivity contribution in [1.29, 1.82) is 0 Å². The van der Waals surface area contributed by atoms with Gasteiger partial charge in [0, 0.05) is 13.1 Å². The number of hydrogen-bond acceptors (Lipinski definition) is 5. The Morgan fingerprint density at radius 2 is 1.75 bits per heavy atom. The summed E-state index contributed by atoms with van der Waals surface area (Å²) < 4.78 is 45.6. The van der Waals surface area contributed by atoms with Gasteiger partial charge in [-0.1, -0.05) is 42.5 Å². The Hall–Kier alpha value is -3.30. The van der Waals surface area contributed by atoms with Gasteiger partial charge in [-0.05, 0) is 47.0 Å². The first-order chi connectivity index (χ1) is 15.2. The normalized spacial score (nSPS) is 11.3. The first-order valence-electron chi connectivity index (χ1n) is 9.90. The minimum atomic E-state index is -3.79. The SMILES string of the molecule is Cc1ccc(CNC(=O)COC(=O)CCNS(=O)(=O)c2ccc3ccccc3c2)cc1F. The number of carbonyl (C=O) groups excluding carboxylic acids is 2. The molecule has 3 rings (SSSR count). The average molecular weight is 459 g/mol. The molecule has 3 aromatic rings. The van der Waals surface area contributed by atoms with Crippen LogP contribution in [0, 0.1) is 12.7 Å². The summed E-state index contributed by atoms with van der Waals surface area (Å²) in [4.78, 5) is 23.7. The van der Waals surface area contributed by atoms with Crippen LogP contribution in [-0.4, -0.2) is 33.4 Å². The van der Waals surface area contributed by atoms with E-state index in [1.54, 1.807) is 31.2 Å². The van der Waals surface area contributed by atoms with Gasteiger partial charge in [0.25, 0.3) is 5.91 Å². The summed E-state index contributed by atoms with van der Waals surface area (Å²) in [6.07, 6.45) is -0.233. The van der Waals surface area contributed by atoms with E-state index in [2.05, 4.69) is 10.0 Å². The molecule has 2 N–H and O–H groups in total. The molecular formula is C23H23FN2O5S. The van der Waals surface area contributed by atoms with Gasteiger partial charge in [0.1, 0.15) is 5.82 Å². The molecule has 0 aliphatic rings. The molecule has 0 unspecified atom stereocenters. The topological polar surface area (TPSA) is 102 Å². The molecule has 0 atom stereocenters. The number of aryl methyl sites for hydroxylation is 1. The molecule has 7 nitrogen and oxygen atoms in total. The summed E-state index contributed by atoms with van der Waals surface area (Å²) in [5.74, 6) is -1.63. The second-order valence-electron chi connectivity index (χ2n) is 7.18. The van der Waals surface area contributed by atoms with Crippen molar-refractivity contribution in [1.82, 2.24) is 10.0 Å². The van der Waals surface area contributed by atoms with Gasteiger partial charge in [-0.15, -0.1) is 0 Å². The van der Waals surface area contributed by atoms with Crippen molar-refractivity contribution in [2.24, 2.45) is 0 Å². The first kappa shape index (κ1) is 23.4. The van der Waals surface area contributed by atoms with Crippen LogP contribution >= 0.6 is 0 Å².